The number of rotatable bonds is 8. The maximum atomic E-state index is 5.54. The van der Waals surface area contributed by atoms with E-state index in [-0.39, 0.29) is 6.10 Å². The Morgan fingerprint density at radius 1 is 1.35 bits per heavy atom. The van der Waals surface area contributed by atoms with Crippen molar-refractivity contribution in [2.75, 3.05) is 18.5 Å². The van der Waals surface area contributed by atoms with Gasteiger partial charge in [-0.15, -0.1) is 0 Å². The molecular weight excluding hydrogens is 270 g/mol. The fraction of sp³-hybridized carbons (Fsp3) is 0.400. The molecule has 0 saturated heterocycles. The molecule has 2 aromatic rings. The Kier molecular flexibility index (Phi) is 5.95. The molecule has 0 atom stereocenters. The number of benzene rings is 1. The maximum absolute atomic E-state index is 5.54. The van der Waals surface area contributed by atoms with E-state index in [9.17, 15) is 0 Å². The molecule has 0 aliphatic carbocycles. The first kappa shape index (κ1) is 14.9. The van der Waals surface area contributed by atoms with Gasteiger partial charge in [0.2, 0.25) is 0 Å². The highest BCUT2D eigenvalue weighted by Gasteiger charge is 2.03. The van der Waals surface area contributed by atoms with Crippen molar-refractivity contribution < 1.29 is 4.74 Å². The van der Waals surface area contributed by atoms with Crippen LogP contribution in [0.15, 0.2) is 41.8 Å². The van der Waals surface area contributed by atoms with Gasteiger partial charge >= 0.3 is 0 Å². The van der Waals surface area contributed by atoms with Crippen molar-refractivity contribution in [1.29, 1.82) is 0 Å². The van der Waals surface area contributed by atoms with Gasteiger partial charge in [0.05, 0.1) is 12.7 Å². The largest absolute Gasteiger partial charge is 0.382 e. The SMILES string of the molecule is CC(C)OCCNc1ccccc1CSc1ncc[nH]1. The monoisotopic (exact) mass is 291 g/mol. The summed E-state index contributed by atoms with van der Waals surface area (Å²) in [6.07, 6.45) is 3.90. The minimum absolute atomic E-state index is 0.279. The highest BCUT2D eigenvalue weighted by molar-refractivity contribution is 7.98. The van der Waals surface area contributed by atoms with Crippen molar-refractivity contribution >= 4 is 17.4 Å². The van der Waals surface area contributed by atoms with Gasteiger partial charge in [0.1, 0.15) is 0 Å². The van der Waals surface area contributed by atoms with Gasteiger partial charge < -0.3 is 15.0 Å². The van der Waals surface area contributed by atoms with Gasteiger partial charge in [-0.05, 0) is 25.5 Å². The zero-order valence-electron chi connectivity index (χ0n) is 11.9. The zero-order valence-corrected chi connectivity index (χ0v) is 12.7. The Morgan fingerprint density at radius 2 is 2.20 bits per heavy atom. The highest BCUT2D eigenvalue weighted by atomic mass is 32.2. The summed E-state index contributed by atoms with van der Waals surface area (Å²) in [5.74, 6) is 0.891. The number of ether oxygens (including phenoxy) is 1. The molecule has 0 fully saturated rings. The molecule has 1 heterocycles. The van der Waals surface area contributed by atoms with Crippen LogP contribution >= 0.6 is 11.8 Å². The topological polar surface area (TPSA) is 49.9 Å². The van der Waals surface area contributed by atoms with Crippen LogP contribution in [0.25, 0.3) is 0 Å². The first-order valence-corrected chi connectivity index (χ1v) is 7.80. The van der Waals surface area contributed by atoms with Crippen molar-refractivity contribution in [2.45, 2.75) is 30.9 Å². The number of imidazole rings is 1. The summed E-state index contributed by atoms with van der Waals surface area (Å²) in [4.78, 5) is 7.33. The van der Waals surface area contributed by atoms with E-state index in [0.29, 0.717) is 0 Å². The fourth-order valence-electron chi connectivity index (χ4n) is 1.77. The molecule has 0 bridgehead atoms. The third kappa shape index (κ3) is 4.90. The second-order valence-corrected chi connectivity index (χ2v) is 5.65. The number of H-pyrrole nitrogens is 1. The Bertz CT molecular complexity index is 500. The fourth-order valence-corrected chi connectivity index (χ4v) is 2.61. The number of aromatic amines is 1. The summed E-state index contributed by atoms with van der Waals surface area (Å²) in [5.41, 5.74) is 2.44. The first-order chi connectivity index (χ1) is 9.75. The molecule has 0 radical (unpaired) electrons. The lowest BCUT2D eigenvalue weighted by Gasteiger charge is -2.12. The average molecular weight is 291 g/mol. The molecule has 2 N–H and O–H groups in total. The van der Waals surface area contributed by atoms with E-state index in [1.54, 1.807) is 18.0 Å². The van der Waals surface area contributed by atoms with Crippen LogP contribution < -0.4 is 5.32 Å². The molecular formula is C15H21N3OS. The van der Waals surface area contributed by atoms with Gasteiger partial charge in [-0.2, -0.15) is 0 Å². The number of anilines is 1. The minimum atomic E-state index is 0.279. The molecule has 0 spiro atoms. The number of aromatic nitrogens is 2. The second-order valence-electron chi connectivity index (χ2n) is 4.69. The molecule has 4 nitrogen and oxygen atoms in total. The van der Waals surface area contributed by atoms with Crippen LogP contribution in [0.5, 0.6) is 0 Å². The Labute approximate surface area is 124 Å². The predicted molar refractivity (Wildman–Crippen MR) is 84.2 cm³/mol. The Morgan fingerprint density at radius 3 is 2.95 bits per heavy atom. The van der Waals surface area contributed by atoms with Crippen LogP contribution in [0.2, 0.25) is 0 Å². The molecule has 2 rings (SSSR count). The summed E-state index contributed by atoms with van der Waals surface area (Å²) in [6.45, 7) is 5.64. The molecule has 5 heteroatoms. The van der Waals surface area contributed by atoms with Crippen molar-refractivity contribution in [2.24, 2.45) is 0 Å². The molecule has 0 saturated carbocycles. The summed E-state index contributed by atoms with van der Waals surface area (Å²) in [5, 5.41) is 4.38. The van der Waals surface area contributed by atoms with E-state index in [0.717, 1.165) is 24.1 Å². The molecule has 0 amide bonds. The number of hydrogen-bond donors (Lipinski definition) is 2. The number of thioether (sulfide) groups is 1. The molecule has 0 unspecified atom stereocenters. The third-order valence-electron chi connectivity index (χ3n) is 2.72. The predicted octanol–water partition coefficient (Wildman–Crippen LogP) is 3.54. The van der Waals surface area contributed by atoms with Crippen LogP contribution in [0, 0.1) is 0 Å². The first-order valence-electron chi connectivity index (χ1n) is 6.81. The molecule has 0 aliphatic heterocycles. The Balaban J connectivity index is 1.85. The number of hydrogen-bond acceptors (Lipinski definition) is 4. The van der Waals surface area contributed by atoms with Gasteiger partial charge in [0.15, 0.2) is 5.16 Å². The van der Waals surface area contributed by atoms with Crippen molar-refractivity contribution in [1.82, 2.24) is 9.97 Å². The standard InChI is InChI=1S/C15H21N3OS/c1-12(2)19-10-9-16-14-6-4-3-5-13(14)11-20-15-17-7-8-18-15/h3-8,12,16H,9-11H2,1-2H3,(H,17,18). The normalized spacial score (nSPS) is 10.9. The summed E-state index contributed by atoms with van der Waals surface area (Å²) in [7, 11) is 0. The van der Waals surface area contributed by atoms with Gasteiger partial charge in [-0.25, -0.2) is 4.98 Å². The van der Waals surface area contributed by atoms with E-state index in [4.69, 9.17) is 4.74 Å². The van der Waals surface area contributed by atoms with E-state index >= 15 is 0 Å². The number of para-hydroxylation sites is 1. The third-order valence-corrected chi connectivity index (χ3v) is 3.68. The van der Waals surface area contributed by atoms with E-state index < -0.39 is 0 Å². The molecule has 108 valence electrons. The summed E-state index contributed by atoms with van der Waals surface area (Å²) < 4.78 is 5.54. The van der Waals surface area contributed by atoms with Gasteiger partial charge in [0, 0.05) is 30.4 Å². The molecule has 1 aromatic heterocycles. The lowest BCUT2D eigenvalue weighted by molar-refractivity contribution is 0.0870. The lowest BCUT2D eigenvalue weighted by atomic mass is 10.2. The quantitative estimate of drug-likeness (QED) is 0.577. The lowest BCUT2D eigenvalue weighted by Crippen LogP contribution is -2.13. The van der Waals surface area contributed by atoms with Crippen molar-refractivity contribution in [3.05, 3.63) is 42.2 Å². The van der Waals surface area contributed by atoms with Crippen molar-refractivity contribution in [3.8, 4) is 0 Å². The summed E-state index contributed by atoms with van der Waals surface area (Å²) in [6, 6.07) is 8.36. The van der Waals surface area contributed by atoms with Crippen LogP contribution in [0.4, 0.5) is 5.69 Å². The van der Waals surface area contributed by atoms with E-state index in [1.165, 1.54) is 11.3 Å². The average Bonchev–Trinajstić information content (AvgIpc) is 2.95. The number of nitrogens with zero attached hydrogens (tertiary/aromatic N) is 1. The van der Waals surface area contributed by atoms with Crippen LogP contribution in [-0.2, 0) is 10.5 Å². The molecule has 0 aliphatic rings. The van der Waals surface area contributed by atoms with Gasteiger partial charge in [-0.3, -0.25) is 0 Å². The highest BCUT2D eigenvalue weighted by Crippen LogP contribution is 2.24. The molecule has 1 aromatic carbocycles. The summed E-state index contributed by atoms with van der Waals surface area (Å²) >= 11 is 1.70. The van der Waals surface area contributed by atoms with E-state index in [1.807, 2.05) is 26.1 Å². The van der Waals surface area contributed by atoms with Crippen LogP contribution in [0.3, 0.4) is 0 Å². The number of nitrogens with one attached hydrogen (secondary N) is 2. The van der Waals surface area contributed by atoms with Crippen molar-refractivity contribution in [3.63, 3.8) is 0 Å². The van der Waals surface area contributed by atoms with Gasteiger partial charge in [0.25, 0.3) is 0 Å². The van der Waals surface area contributed by atoms with Crippen LogP contribution in [-0.4, -0.2) is 29.2 Å². The minimum Gasteiger partial charge on any atom is -0.382 e. The second kappa shape index (κ2) is 7.97. The maximum Gasteiger partial charge on any atom is 0.165 e. The smallest absolute Gasteiger partial charge is 0.165 e. The van der Waals surface area contributed by atoms with E-state index in [2.05, 4.69) is 33.5 Å². The van der Waals surface area contributed by atoms with Gasteiger partial charge in [-0.1, -0.05) is 30.0 Å². The molecule has 20 heavy (non-hydrogen) atoms. The van der Waals surface area contributed by atoms with Crippen LogP contribution in [0.1, 0.15) is 19.4 Å². The zero-order chi connectivity index (χ0) is 14.2. The Hall–Kier alpha value is -1.46.